The normalized spacial score (nSPS) is 28.2. The highest BCUT2D eigenvalue weighted by molar-refractivity contribution is 5.95. The number of fused-ring (bicyclic) bond motifs is 1. The number of likely N-dealkylation sites (tertiary alicyclic amines) is 1. The summed E-state index contributed by atoms with van der Waals surface area (Å²) in [6.07, 6.45) is 7.84. The van der Waals surface area contributed by atoms with Gasteiger partial charge in [0.15, 0.2) is 0 Å². The number of hydrogen-bond acceptors (Lipinski definition) is 2. The molecule has 2 atom stereocenters. The van der Waals surface area contributed by atoms with Gasteiger partial charge < -0.3 is 9.32 Å². The molecule has 1 amide bonds. The van der Waals surface area contributed by atoms with Gasteiger partial charge in [-0.05, 0) is 44.6 Å². The van der Waals surface area contributed by atoms with Crippen LogP contribution in [-0.4, -0.2) is 23.4 Å². The Morgan fingerprint density at radius 2 is 2.18 bits per heavy atom. The molecule has 1 saturated heterocycles. The molecule has 1 aromatic heterocycles. The average molecular weight is 233 g/mol. The number of hydrogen-bond donors (Lipinski definition) is 0. The SMILES string of the molecule is Cc1occc1C(=O)N1CCCC2CCCC21. The average Bonchev–Trinajstić information content (AvgIpc) is 2.95. The fraction of sp³-hybridized carbons (Fsp3) is 0.643. The lowest BCUT2D eigenvalue weighted by molar-refractivity contribution is 0.0546. The molecule has 1 aliphatic carbocycles. The third kappa shape index (κ3) is 1.78. The van der Waals surface area contributed by atoms with E-state index in [0.717, 1.165) is 30.2 Å². The molecule has 2 aliphatic rings. The Hall–Kier alpha value is -1.25. The van der Waals surface area contributed by atoms with E-state index in [1.165, 1.54) is 25.7 Å². The van der Waals surface area contributed by atoms with Gasteiger partial charge in [-0.2, -0.15) is 0 Å². The van der Waals surface area contributed by atoms with Gasteiger partial charge in [0, 0.05) is 12.6 Å². The molecule has 92 valence electrons. The van der Waals surface area contributed by atoms with Crippen LogP contribution in [0.15, 0.2) is 16.7 Å². The Kier molecular flexibility index (Phi) is 2.69. The summed E-state index contributed by atoms with van der Waals surface area (Å²) < 4.78 is 5.24. The van der Waals surface area contributed by atoms with E-state index < -0.39 is 0 Å². The summed E-state index contributed by atoms with van der Waals surface area (Å²) >= 11 is 0. The van der Waals surface area contributed by atoms with Gasteiger partial charge in [0.2, 0.25) is 0 Å². The highest BCUT2D eigenvalue weighted by Crippen LogP contribution is 2.37. The molecule has 2 unspecified atom stereocenters. The minimum atomic E-state index is 0.174. The van der Waals surface area contributed by atoms with Crippen molar-refractivity contribution in [3.05, 3.63) is 23.7 Å². The first-order valence-corrected chi connectivity index (χ1v) is 6.62. The van der Waals surface area contributed by atoms with Crippen LogP contribution in [0.2, 0.25) is 0 Å². The zero-order chi connectivity index (χ0) is 11.8. The highest BCUT2D eigenvalue weighted by Gasteiger charge is 2.38. The number of carbonyl (C=O) groups excluding carboxylic acids is 1. The van der Waals surface area contributed by atoms with Crippen LogP contribution < -0.4 is 0 Å². The van der Waals surface area contributed by atoms with Crippen LogP contribution in [0.1, 0.15) is 48.2 Å². The number of nitrogens with zero attached hydrogens (tertiary/aromatic N) is 1. The van der Waals surface area contributed by atoms with Crippen LogP contribution in [0.5, 0.6) is 0 Å². The van der Waals surface area contributed by atoms with E-state index in [4.69, 9.17) is 4.42 Å². The Morgan fingerprint density at radius 3 is 2.94 bits per heavy atom. The molecule has 0 aromatic carbocycles. The molecular weight excluding hydrogens is 214 g/mol. The van der Waals surface area contributed by atoms with E-state index in [9.17, 15) is 4.79 Å². The van der Waals surface area contributed by atoms with Gasteiger partial charge in [-0.1, -0.05) is 6.42 Å². The van der Waals surface area contributed by atoms with Crippen LogP contribution >= 0.6 is 0 Å². The number of furan rings is 1. The van der Waals surface area contributed by atoms with Crippen molar-refractivity contribution in [1.82, 2.24) is 4.90 Å². The van der Waals surface area contributed by atoms with Crippen molar-refractivity contribution in [3.8, 4) is 0 Å². The van der Waals surface area contributed by atoms with Crippen molar-refractivity contribution in [1.29, 1.82) is 0 Å². The van der Waals surface area contributed by atoms with E-state index in [1.54, 1.807) is 12.3 Å². The van der Waals surface area contributed by atoms with Gasteiger partial charge in [-0.25, -0.2) is 0 Å². The quantitative estimate of drug-likeness (QED) is 0.747. The first-order valence-electron chi connectivity index (χ1n) is 6.62. The maximum atomic E-state index is 12.5. The lowest BCUT2D eigenvalue weighted by Crippen LogP contribution is -2.46. The second-order valence-electron chi connectivity index (χ2n) is 5.29. The van der Waals surface area contributed by atoms with Crippen LogP contribution in [0.25, 0.3) is 0 Å². The lowest BCUT2D eigenvalue weighted by atomic mass is 9.91. The maximum absolute atomic E-state index is 12.5. The predicted octanol–water partition coefficient (Wildman–Crippen LogP) is 2.99. The van der Waals surface area contributed by atoms with E-state index in [-0.39, 0.29) is 5.91 Å². The third-order valence-electron chi connectivity index (χ3n) is 4.34. The summed E-state index contributed by atoms with van der Waals surface area (Å²) in [7, 11) is 0. The maximum Gasteiger partial charge on any atom is 0.257 e. The van der Waals surface area contributed by atoms with Crippen molar-refractivity contribution in [2.75, 3.05) is 6.54 Å². The molecule has 2 fully saturated rings. The molecule has 0 bridgehead atoms. The number of piperidine rings is 1. The van der Waals surface area contributed by atoms with E-state index in [2.05, 4.69) is 4.90 Å². The van der Waals surface area contributed by atoms with Gasteiger partial charge in [0.25, 0.3) is 5.91 Å². The zero-order valence-electron chi connectivity index (χ0n) is 10.3. The fourth-order valence-electron chi connectivity index (χ4n) is 3.47. The fourth-order valence-corrected chi connectivity index (χ4v) is 3.47. The van der Waals surface area contributed by atoms with Crippen LogP contribution in [-0.2, 0) is 0 Å². The van der Waals surface area contributed by atoms with Crippen molar-refractivity contribution < 1.29 is 9.21 Å². The third-order valence-corrected chi connectivity index (χ3v) is 4.34. The number of rotatable bonds is 1. The van der Waals surface area contributed by atoms with Crippen molar-refractivity contribution in [3.63, 3.8) is 0 Å². The second kappa shape index (κ2) is 4.21. The highest BCUT2D eigenvalue weighted by atomic mass is 16.3. The first kappa shape index (κ1) is 10.9. The summed E-state index contributed by atoms with van der Waals surface area (Å²) in [5.74, 6) is 1.67. The zero-order valence-corrected chi connectivity index (χ0v) is 10.3. The minimum Gasteiger partial charge on any atom is -0.469 e. The van der Waals surface area contributed by atoms with E-state index >= 15 is 0 Å². The van der Waals surface area contributed by atoms with Gasteiger partial charge in [-0.15, -0.1) is 0 Å². The van der Waals surface area contributed by atoms with Crippen LogP contribution in [0.3, 0.4) is 0 Å². The van der Waals surface area contributed by atoms with E-state index in [1.807, 2.05) is 6.92 Å². The molecule has 0 N–H and O–H groups in total. The molecule has 1 saturated carbocycles. The van der Waals surface area contributed by atoms with Crippen molar-refractivity contribution in [2.45, 2.75) is 45.1 Å². The molecule has 1 aliphatic heterocycles. The molecule has 1 aromatic rings. The Labute approximate surface area is 102 Å². The largest absolute Gasteiger partial charge is 0.469 e. The summed E-state index contributed by atoms with van der Waals surface area (Å²) in [6.45, 7) is 2.79. The van der Waals surface area contributed by atoms with Crippen LogP contribution in [0, 0.1) is 12.8 Å². The lowest BCUT2D eigenvalue weighted by Gasteiger charge is -2.37. The molecular formula is C14H19NO2. The Bertz CT molecular complexity index is 424. The van der Waals surface area contributed by atoms with Crippen LogP contribution in [0.4, 0.5) is 0 Å². The monoisotopic (exact) mass is 233 g/mol. The molecule has 0 spiro atoms. The second-order valence-corrected chi connectivity index (χ2v) is 5.29. The Morgan fingerprint density at radius 1 is 1.35 bits per heavy atom. The van der Waals surface area contributed by atoms with Gasteiger partial charge in [-0.3, -0.25) is 4.79 Å². The molecule has 17 heavy (non-hydrogen) atoms. The minimum absolute atomic E-state index is 0.174. The van der Waals surface area contributed by atoms with E-state index in [0.29, 0.717) is 6.04 Å². The smallest absolute Gasteiger partial charge is 0.257 e. The molecule has 2 heterocycles. The standard InChI is InChI=1S/C14H19NO2/c1-10-12(7-9-17-10)14(16)15-8-3-5-11-4-2-6-13(11)15/h7,9,11,13H,2-6,8H2,1H3. The summed E-state index contributed by atoms with van der Waals surface area (Å²) in [5, 5.41) is 0. The van der Waals surface area contributed by atoms with Gasteiger partial charge in [0.1, 0.15) is 5.76 Å². The van der Waals surface area contributed by atoms with Gasteiger partial charge >= 0.3 is 0 Å². The number of carbonyl (C=O) groups is 1. The number of aryl methyl sites for hydroxylation is 1. The molecule has 3 rings (SSSR count). The van der Waals surface area contributed by atoms with Gasteiger partial charge in [0.05, 0.1) is 11.8 Å². The first-order chi connectivity index (χ1) is 8.27. The van der Waals surface area contributed by atoms with Crippen molar-refractivity contribution in [2.24, 2.45) is 5.92 Å². The van der Waals surface area contributed by atoms with Crippen molar-refractivity contribution >= 4 is 5.91 Å². The summed E-state index contributed by atoms with van der Waals surface area (Å²) in [6, 6.07) is 2.29. The molecule has 3 heteroatoms. The topological polar surface area (TPSA) is 33.5 Å². The number of amides is 1. The summed E-state index contributed by atoms with van der Waals surface area (Å²) in [4.78, 5) is 14.6. The Balaban J connectivity index is 1.83. The summed E-state index contributed by atoms with van der Waals surface area (Å²) in [5.41, 5.74) is 0.748. The molecule has 3 nitrogen and oxygen atoms in total. The predicted molar refractivity (Wildman–Crippen MR) is 64.8 cm³/mol. The molecule has 0 radical (unpaired) electrons.